The second-order valence-electron chi connectivity index (χ2n) is 6.09. The average molecular weight is 318 g/mol. The Bertz CT molecular complexity index is 604. The normalized spacial score (nSPS) is 24.7. The van der Waals surface area contributed by atoms with Crippen LogP contribution in [0.2, 0.25) is 0 Å². The van der Waals surface area contributed by atoms with E-state index >= 15 is 0 Å². The summed E-state index contributed by atoms with van der Waals surface area (Å²) in [6.07, 6.45) is 0.294. The highest BCUT2D eigenvalue weighted by atomic mass is 16.5. The van der Waals surface area contributed by atoms with E-state index < -0.39 is 0 Å². The van der Waals surface area contributed by atoms with Crippen molar-refractivity contribution in [3.05, 3.63) is 24.3 Å². The second-order valence-corrected chi connectivity index (χ2v) is 6.09. The van der Waals surface area contributed by atoms with Gasteiger partial charge in [0.15, 0.2) is 0 Å². The molecular formula is C17H22N2O4. The molecule has 0 bridgehead atoms. The molecule has 2 aliphatic rings. The molecule has 2 atom stereocenters. The summed E-state index contributed by atoms with van der Waals surface area (Å²) < 4.78 is 11.2. The van der Waals surface area contributed by atoms with Gasteiger partial charge >= 0.3 is 0 Å². The molecule has 1 aromatic rings. The van der Waals surface area contributed by atoms with Crippen molar-refractivity contribution in [1.29, 1.82) is 0 Å². The summed E-state index contributed by atoms with van der Waals surface area (Å²) in [5.41, 5.74) is 0.664. The molecule has 0 N–H and O–H groups in total. The van der Waals surface area contributed by atoms with Gasteiger partial charge < -0.3 is 14.4 Å². The van der Waals surface area contributed by atoms with Crippen molar-refractivity contribution in [2.75, 3.05) is 31.2 Å². The van der Waals surface area contributed by atoms with Gasteiger partial charge in [0, 0.05) is 6.54 Å². The van der Waals surface area contributed by atoms with Gasteiger partial charge in [0.1, 0.15) is 12.3 Å². The van der Waals surface area contributed by atoms with Gasteiger partial charge in [0.25, 0.3) is 0 Å². The Morgan fingerprint density at radius 1 is 1.30 bits per heavy atom. The van der Waals surface area contributed by atoms with Crippen LogP contribution in [0.4, 0.5) is 5.69 Å². The highest BCUT2D eigenvalue weighted by molar-refractivity contribution is 6.00. The minimum Gasteiger partial charge on any atom is -0.491 e. The number of nitrogens with zero attached hydrogens (tertiary/aromatic N) is 2. The molecule has 0 spiro atoms. The monoisotopic (exact) mass is 318 g/mol. The lowest BCUT2D eigenvalue weighted by molar-refractivity contribution is -0.142. The third-order valence-electron chi connectivity index (χ3n) is 4.25. The van der Waals surface area contributed by atoms with Crippen molar-refractivity contribution >= 4 is 17.5 Å². The Kier molecular flexibility index (Phi) is 4.52. The first-order valence-electron chi connectivity index (χ1n) is 7.99. The summed E-state index contributed by atoms with van der Waals surface area (Å²) in [5.74, 6) is 0.504. The molecule has 1 aromatic carbocycles. The molecule has 0 aromatic heterocycles. The van der Waals surface area contributed by atoms with Crippen molar-refractivity contribution in [1.82, 2.24) is 4.90 Å². The van der Waals surface area contributed by atoms with E-state index in [1.807, 2.05) is 38.1 Å². The molecule has 0 saturated carbocycles. The number of fused-ring (bicyclic) bond motifs is 1. The van der Waals surface area contributed by atoms with Crippen molar-refractivity contribution < 1.29 is 19.1 Å². The molecule has 0 aliphatic carbocycles. The molecule has 3 rings (SSSR count). The zero-order chi connectivity index (χ0) is 16.4. The van der Waals surface area contributed by atoms with E-state index in [0.29, 0.717) is 31.2 Å². The lowest BCUT2D eigenvalue weighted by atomic mass is 10.2. The van der Waals surface area contributed by atoms with Crippen LogP contribution < -0.4 is 9.64 Å². The molecule has 1 fully saturated rings. The maximum absolute atomic E-state index is 12.7. The van der Waals surface area contributed by atoms with Crippen LogP contribution in [0.1, 0.15) is 20.3 Å². The number of amides is 2. The van der Waals surface area contributed by atoms with Gasteiger partial charge in [-0.1, -0.05) is 12.1 Å². The third kappa shape index (κ3) is 3.32. The summed E-state index contributed by atoms with van der Waals surface area (Å²) in [6.45, 7) is 5.37. The summed E-state index contributed by atoms with van der Waals surface area (Å²) in [6, 6.07) is 7.37. The number of hydrogen-bond acceptors (Lipinski definition) is 4. The number of carbonyl (C=O) groups is 2. The predicted molar refractivity (Wildman–Crippen MR) is 85.5 cm³/mol. The van der Waals surface area contributed by atoms with Crippen LogP contribution in [0.3, 0.4) is 0 Å². The highest BCUT2D eigenvalue weighted by Crippen LogP contribution is 2.31. The van der Waals surface area contributed by atoms with Crippen LogP contribution in [0.15, 0.2) is 24.3 Å². The Hall–Kier alpha value is -2.08. The summed E-state index contributed by atoms with van der Waals surface area (Å²) in [4.78, 5) is 28.5. The molecule has 6 heteroatoms. The SMILES string of the molecule is CC1CN(C(=O)CN2C(=O)CCOc3ccccc32)C(C)CO1. The van der Waals surface area contributed by atoms with Crippen LogP contribution in [-0.2, 0) is 14.3 Å². The number of morpholine rings is 1. The largest absolute Gasteiger partial charge is 0.491 e. The number of para-hydroxylation sites is 2. The lowest BCUT2D eigenvalue weighted by Gasteiger charge is -2.37. The fraction of sp³-hybridized carbons (Fsp3) is 0.529. The van der Waals surface area contributed by atoms with Gasteiger partial charge in [-0.15, -0.1) is 0 Å². The Morgan fingerprint density at radius 3 is 2.91 bits per heavy atom. The molecule has 2 amide bonds. The van der Waals surface area contributed by atoms with E-state index in [1.165, 1.54) is 4.90 Å². The van der Waals surface area contributed by atoms with E-state index in [4.69, 9.17) is 9.47 Å². The number of anilines is 1. The first-order chi connectivity index (χ1) is 11.1. The number of benzene rings is 1. The molecule has 1 saturated heterocycles. The number of hydrogen-bond donors (Lipinski definition) is 0. The Labute approximate surface area is 136 Å². The van der Waals surface area contributed by atoms with Gasteiger partial charge in [-0.2, -0.15) is 0 Å². The van der Waals surface area contributed by atoms with Crippen molar-refractivity contribution in [2.24, 2.45) is 0 Å². The first-order valence-corrected chi connectivity index (χ1v) is 7.99. The molecule has 2 unspecified atom stereocenters. The Balaban J connectivity index is 1.80. The van der Waals surface area contributed by atoms with Crippen LogP contribution in [-0.4, -0.2) is 55.2 Å². The smallest absolute Gasteiger partial charge is 0.243 e. The molecule has 0 radical (unpaired) electrons. The molecule has 6 nitrogen and oxygen atoms in total. The molecule has 2 aliphatic heterocycles. The first kappa shape index (κ1) is 15.8. The topological polar surface area (TPSA) is 59.1 Å². The minimum atomic E-state index is -0.0859. The standard InChI is InChI=1S/C17H22N2O4/c1-12-11-23-13(2)9-18(12)17(21)10-19-14-5-3-4-6-15(14)22-8-7-16(19)20/h3-6,12-13H,7-11H2,1-2H3. The average Bonchev–Trinajstić information content (AvgIpc) is 2.69. The Morgan fingerprint density at radius 2 is 2.09 bits per heavy atom. The van der Waals surface area contributed by atoms with E-state index in [2.05, 4.69) is 0 Å². The van der Waals surface area contributed by atoms with Crippen LogP contribution in [0, 0.1) is 0 Å². The van der Waals surface area contributed by atoms with Crippen LogP contribution in [0.25, 0.3) is 0 Å². The van der Waals surface area contributed by atoms with Gasteiger partial charge in [-0.25, -0.2) is 0 Å². The molecule has 23 heavy (non-hydrogen) atoms. The lowest BCUT2D eigenvalue weighted by Crippen LogP contribution is -2.53. The van der Waals surface area contributed by atoms with E-state index in [1.54, 1.807) is 4.90 Å². The maximum Gasteiger partial charge on any atom is 0.243 e. The number of carbonyl (C=O) groups excluding carboxylic acids is 2. The van der Waals surface area contributed by atoms with Gasteiger partial charge in [-0.3, -0.25) is 14.5 Å². The quantitative estimate of drug-likeness (QED) is 0.828. The van der Waals surface area contributed by atoms with Gasteiger partial charge in [-0.05, 0) is 26.0 Å². The third-order valence-corrected chi connectivity index (χ3v) is 4.25. The zero-order valence-corrected chi connectivity index (χ0v) is 13.5. The fourth-order valence-electron chi connectivity index (χ4n) is 2.97. The molecular weight excluding hydrogens is 296 g/mol. The summed E-state index contributed by atoms with van der Waals surface area (Å²) in [5, 5.41) is 0. The van der Waals surface area contributed by atoms with Crippen molar-refractivity contribution in [2.45, 2.75) is 32.4 Å². The van der Waals surface area contributed by atoms with E-state index in [-0.39, 0.29) is 36.9 Å². The zero-order valence-electron chi connectivity index (χ0n) is 13.5. The number of rotatable bonds is 2. The van der Waals surface area contributed by atoms with Crippen LogP contribution in [0.5, 0.6) is 5.75 Å². The van der Waals surface area contributed by atoms with E-state index in [0.717, 1.165) is 0 Å². The highest BCUT2D eigenvalue weighted by Gasteiger charge is 2.31. The molecule has 2 heterocycles. The number of ether oxygens (including phenoxy) is 2. The van der Waals surface area contributed by atoms with Gasteiger partial charge in [0.2, 0.25) is 11.8 Å². The minimum absolute atomic E-state index is 0.0191. The van der Waals surface area contributed by atoms with Gasteiger partial charge in [0.05, 0.1) is 37.5 Å². The summed E-state index contributed by atoms with van der Waals surface area (Å²) in [7, 11) is 0. The fourth-order valence-corrected chi connectivity index (χ4v) is 2.97. The summed E-state index contributed by atoms with van der Waals surface area (Å²) >= 11 is 0. The molecule has 124 valence electrons. The van der Waals surface area contributed by atoms with Crippen molar-refractivity contribution in [3.63, 3.8) is 0 Å². The maximum atomic E-state index is 12.7. The van der Waals surface area contributed by atoms with E-state index in [9.17, 15) is 9.59 Å². The van der Waals surface area contributed by atoms with Crippen molar-refractivity contribution in [3.8, 4) is 5.75 Å². The van der Waals surface area contributed by atoms with Crippen LogP contribution >= 0.6 is 0 Å². The second kappa shape index (κ2) is 6.58. The predicted octanol–water partition coefficient (Wildman–Crippen LogP) is 1.44.